The zero-order chi connectivity index (χ0) is 15.1. The van der Waals surface area contributed by atoms with E-state index in [4.69, 9.17) is 9.84 Å². The predicted octanol–water partition coefficient (Wildman–Crippen LogP) is 3.04. The second kappa shape index (κ2) is 7.84. The minimum atomic E-state index is -0.939. The lowest BCUT2D eigenvalue weighted by Crippen LogP contribution is -2.32. The molecule has 4 nitrogen and oxygen atoms in total. The SMILES string of the molecule is CCC1CCCN1CCOc1ccc(C=CC(=O)O)cc1. The Morgan fingerprint density at radius 1 is 1.43 bits per heavy atom. The number of carboxylic acids is 1. The summed E-state index contributed by atoms with van der Waals surface area (Å²) >= 11 is 0. The molecule has 4 heteroatoms. The number of rotatable bonds is 7. The molecule has 114 valence electrons. The quantitative estimate of drug-likeness (QED) is 0.784. The van der Waals surface area contributed by atoms with Gasteiger partial charge in [-0.1, -0.05) is 19.1 Å². The van der Waals surface area contributed by atoms with E-state index in [0.29, 0.717) is 6.61 Å². The van der Waals surface area contributed by atoms with E-state index in [-0.39, 0.29) is 0 Å². The lowest BCUT2D eigenvalue weighted by molar-refractivity contribution is -0.131. The Morgan fingerprint density at radius 3 is 2.86 bits per heavy atom. The molecule has 1 N–H and O–H groups in total. The summed E-state index contributed by atoms with van der Waals surface area (Å²) in [5.74, 6) is -0.110. The first-order chi connectivity index (χ1) is 10.2. The third-order valence-electron chi connectivity index (χ3n) is 3.92. The molecule has 0 aromatic heterocycles. The van der Waals surface area contributed by atoms with E-state index in [0.717, 1.165) is 30.0 Å². The van der Waals surface area contributed by atoms with Crippen LogP contribution in [0, 0.1) is 0 Å². The first-order valence-electron chi connectivity index (χ1n) is 7.57. The summed E-state index contributed by atoms with van der Waals surface area (Å²) in [4.78, 5) is 12.9. The molecule has 0 spiro atoms. The molecule has 2 rings (SSSR count). The highest BCUT2D eigenvalue weighted by molar-refractivity contribution is 5.85. The number of ether oxygens (including phenoxy) is 1. The van der Waals surface area contributed by atoms with Crippen LogP contribution in [0.4, 0.5) is 0 Å². The van der Waals surface area contributed by atoms with Gasteiger partial charge in [0.15, 0.2) is 0 Å². The zero-order valence-corrected chi connectivity index (χ0v) is 12.5. The van der Waals surface area contributed by atoms with E-state index in [1.807, 2.05) is 24.3 Å². The van der Waals surface area contributed by atoms with Crippen LogP contribution < -0.4 is 4.74 Å². The number of nitrogens with zero attached hydrogens (tertiary/aromatic N) is 1. The summed E-state index contributed by atoms with van der Waals surface area (Å²) in [6.45, 7) is 5.09. The molecule has 1 aliphatic heterocycles. The number of hydrogen-bond donors (Lipinski definition) is 1. The summed E-state index contributed by atoms with van der Waals surface area (Å²) in [6.07, 6.45) is 6.52. The van der Waals surface area contributed by atoms with E-state index in [1.54, 1.807) is 6.08 Å². The van der Waals surface area contributed by atoms with Gasteiger partial charge in [0, 0.05) is 18.7 Å². The number of benzene rings is 1. The molecule has 1 aromatic carbocycles. The van der Waals surface area contributed by atoms with Crippen molar-refractivity contribution in [3.05, 3.63) is 35.9 Å². The minimum absolute atomic E-state index is 0.695. The fourth-order valence-corrected chi connectivity index (χ4v) is 2.78. The molecule has 0 radical (unpaired) electrons. The Bertz CT molecular complexity index is 481. The first kappa shape index (κ1) is 15.6. The highest BCUT2D eigenvalue weighted by atomic mass is 16.5. The van der Waals surface area contributed by atoms with Crippen molar-refractivity contribution in [3.8, 4) is 5.75 Å². The molecule has 1 heterocycles. The Labute approximate surface area is 126 Å². The number of likely N-dealkylation sites (tertiary alicyclic amines) is 1. The number of carbonyl (C=O) groups is 1. The van der Waals surface area contributed by atoms with Crippen LogP contribution in [-0.4, -0.2) is 41.7 Å². The summed E-state index contributed by atoms with van der Waals surface area (Å²) in [5.41, 5.74) is 0.857. The van der Waals surface area contributed by atoms with Gasteiger partial charge in [0.2, 0.25) is 0 Å². The topological polar surface area (TPSA) is 49.8 Å². The molecule has 1 atom stereocenters. The van der Waals surface area contributed by atoms with Gasteiger partial charge in [0.05, 0.1) is 0 Å². The Balaban J connectivity index is 1.77. The highest BCUT2D eigenvalue weighted by Crippen LogP contribution is 2.19. The van der Waals surface area contributed by atoms with Crippen molar-refractivity contribution in [2.24, 2.45) is 0 Å². The van der Waals surface area contributed by atoms with Crippen LogP contribution in [0.3, 0.4) is 0 Å². The van der Waals surface area contributed by atoms with Crippen molar-refractivity contribution >= 4 is 12.0 Å². The standard InChI is InChI=1S/C17H23NO3/c1-2-15-4-3-11-18(15)12-13-21-16-8-5-14(6-9-16)7-10-17(19)20/h5-10,15H,2-4,11-13H2,1H3,(H,19,20). The lowest BCUT2D eigenvalue weighted by atomic mass is 10.2. The van der Waals surface area contributed by atoms with E-state index in [9.17, 15) is 4.79 Å². The second-order valence-corrected chi connectivity index (χ2v) is 5.33. The van der Waals surface area contributed by atoms with Gasteiger partial charge in [-0.3, -0.25) is 4.90 Å². The minimum Gasteiger partial charge on any atom is -0.492 e. The van der Waals surface area contributed by atoms with E-state index in [1.165, 1.54) is 25.8 Å². The molecule has 0 bridgehead atoms. The molecule has 0 aliphatic carbocycles. The second-order valence-electron chi connectivity index (χ2n) is 5.33. The highest BCUT2D eigenvalue weighted by Gasteiger charge is 2.21. The molecule has 1 fully saturated rings. The van der Waals surface area contributed by atoms with Gasteiger partial charge >= 0.3 is 5.97 Å². The maximum absolute atomic E-state index is 10.4. The maximum Gasteiger partial charge on any atom is 0.328 e. The fraction of sp³-hybridized carbons (Fsp3) is 0.471. The smallest absolute Gasteiger partial charge is 0.328 e. The zero-order valence-electron chi connectivity index (χ0n) is 12.5. The van der Waals surface area contributed by atoms with Crippen LogP contribution >= 0.6 is 0 Å². The third kappa shape index (κ3) is 4.90. The van der Waals surface area contributed by atoms with Gasteiger partial charge in [-0.2, -0.15) is 0 Å². The predicted molar refractivity (Wildman–Crippen MR) is 83.5 cm³/mol. The van der Waals surface area contributed by atoms with Crippen LogP contribution in [-0.2, 0) is 4.79 Å². The summed E-state index contributed by atoms with van der Waals surface area (Å²) in [7, 11) is 0. The van der Waals surface area contributed by atoms with Crippen LogP contribution in [0.25, 0.3) is 6.08 Å². The number of hydrogen-bond acceptors (Lipinski definition) is 3. The van der Waals surface area contributed by atoms with Gasteiger partial charge in [-0.15, -0.1) is 0 Å². The molecular weight excluding hydrogens is 266 g/mol. The summed E-state index contributed by atoms with van der Waals surface area (Å²) in [6, 6.07) is 8.20. The Hall–Kier alpha value is -1.81. The normalized spacial score (nSPS) is 19.2. The van der Waals surface area contributed by atoms with E-state index in [2.05, 4.69) is 11.8 Å². The van der Waals surface area contributed by atoms with Crippen molar-refractivity contribution < 1.29 is 14.6 Å². The van der Waals surface area contributed by atoms with Gasteiger partial charge in [-0.25, -0.2) is 4.79 Å². The third-order valence-corrected chi connectivity index (χ3v) is 3.92. The molecule has 1 aromatic rings. The molecule has 1 aliphatic rings. The summed E-state index contributed by atoms with van der Waals surface area (Å²) in [5, 5.41) is 8.57. The average molecular weight is 289 g/mol. The van der Waals surface area contributed by atoms with E-state index < -0.39 is 5.97 Å². The average Bonchev–Trinajstić information content (AvgIpc) is 2.94. The lowest BCUT2D eigenvalue weighted by Gasteiger charge is -2.23. The van der Waals surface area contributed by atoms with Gasteiger partial charge in [0.1, 0.15) is 12.4 Å². The monoisotopic (exact) mass is 289 g/mol. The van der Waals surface area contributed by atoms with Crippen LogP contribution in [0.1, 0.15) is 31.7 Å². The van der Waals surface area contributed by atoms with Crippen LogP contribution in [0.15, 0.2) is 30.3 Å². The van der Waals surface area contributed by atoms with Crippen molar-refractivity contribution in [3.63, 3.8) is 0 Å². The molecule has 1 unspecified atom stereocenters. The molecular formula is C17H23NO3. The van der Waals surface area contributed by atoms with Crippen molar-refractivity contribution in [1.29, 1.82) is 0 Å². The fourth-order valence-electron chi connectivity index (χ4n) is 2.78. The van der Waals surface area contributed by atoms with Crippen LogP contribution in [0.5, 0.6) is 5.75 Å². The van der Waals surface area contributed by atoms with Gasteiger partial charge in [0.25, 0.3) is 0 Å². The molecule has 1 saturated heterocycles. The van der Waals surface area contributed by atoms with Crippen molar-refractivity contribution in [2.75, 3.05) is 19.7 Å². The molecule has 0 saturated carbocycles. The largest absolute Gasteiger partial charge is 0.492 e. The first-order valence-corrected chi connectivity index (χ1v) is 7.57. The molecule has 0 amide bonds. The Morgan fingerprint density at radius 2 is 2.19 bits per heavy atom. The van der Waals surface area contributed by atoms with E-state index >= 15 is 0 Å². The molecule has 21 heavy (non-hydrogen) atoms. The Kier molecular flexibility index (Phi) is 5.81. The van der Waals surface area contributed by atoms with Crippen LogP contribution in [0.2, 0.25) is 0 Å². The number of carboxylic acid groups (broad SMARTS) is 1. The van der Waals surface area contributed by atoms with Crippen molar-refractivity contribution in [1.82, 2.24) is 4.90 Å². The summed E-state index contributed by atoms with van der Waals surface area (Å²) < 4.78 is 5.76. The van der Waals surface area contributed by atoms with Crippen molar-refractivity contribution in [2.45, 2.75) is 32.2 Å². The maximum atomic E-state index is 10.4. The van der Waals surface area contributed by atoms with Gasteiger partial charge < -0.3 is 9.84 Å². The van der Waals surface area contributed by atoms with Gasteiger partial charge in [-0.05, 0) is 49.6 Å². The number of aliphatic carboxylic acids is 1.